The van der Waals surface area contributed by atoms with Crippen molar-refractivity contribution in [2.24, 2.45) is 0 Å². The van der Waals surface area contributed by atoms with Crippen LogP contribution < -0.4 is 5.32 Å². The zero-order chi connectivity index (χ0) is 10.6. The second kappa shape index (κ2) is 5.49. The van der Waals surface area contributed by atoms with E-state index in [1.165, 1.54) is 0 Å². The fourth-order valence-electron chi connectivity index (χ4n) is 1.03. The van der Waals surface area contributed by atoms with Gasteiger partial charge in [-0.15, -0.1) is 0 Å². The van der Waals surface area contributed by atoms with Crippen molar-refractivity contribution in [2.45, 2.75) is 13.0 Å². The normalized spacial score (nSPS) is 12.5. The highest BCUT2D eigenvalue weighted by molar-refractivity contribution is 9.11. The lowest BCUT2D eigenvalue weighted by molar-refractivity contribution is 0.613. The molecule has 0 aliphatic carbocycles. The number of nitrogens with zero attached hydrogens (tertiary/aromatic N) is 1. The molecule has 0 aliphatic rings. The molecule has 0 aromatic carbocycles. The molecule has 1 rings (SSSR count). The van der Waals surface area contributed by atoms with Crippen molar-refractivity contribution in [3.05, 3.63) is 40.1 Å². The van der Waals surface area contributed by atoms with E-state index in [-0.39, 0.29) is 6.04 Å². The van der Waals surface area contributed by atoms with Crippen LogP contribution in [0.15, 0.2) is 29.4 Å². The van der Waals surface area contributed by atoms with Crippen LogP contribution in [0.4, 0.5) is 0 Å². The van der Waals surface area contributed by atoms with Gasteiger partial charge in [0.25, 0.3) is 0 Å². The van der Waals surface area contributed by atoms with Crippen molar-refractivity contribution < 1.29 is 0 Å². The fourth-order valence-corrected chi connectivity index (χ4v) is 1.30. The lowest BCUT2D eigenvalue weighted by Gasteiger charge is -2.13. The molecule has 1 atom stereocenters. The number of aromatic nitrogens is 1. The van der Waals surface area contributed by atoms with E-state index in [0.717, 1.165) is 16.6 Å². The highest BCUT2D eigenvalue weighted by Crippen LogP contribution is 2.13. The van der Waals surface area contributed by atoms with Crippen LogP contribution in [-0.2, 0) is 0 Å². The Balaban J connectivity index is 2.56. The summed E-state index contributed by atoms with van der Waals surface area (Å²) in [6.07, 6.45) is 1.77. The maximum Gasteiger partial charge on any atom is 0.129 e. The Morgan fingerprint density at radius 1 is 1.71 bits per heavy atom. The Labute approximate surface area is 97.5 Å². The number of halogens is 2. The summed E-state index contributed by atoms with van der Waals surface area (Å²) in [5.74, 6) is 0. The molecule has 1 aromatic rings. The summed E-state index contributed by atoms with van der Waals surface area (Å²) in [6, 6.07) is 4.00. The van der Waals surface area contributed by atoms with Crippen LogP contribution in [0.3, 0.4) is 0 Å². The predicted molar refractivity (Wildman–Crippen MR) is 63.7 cm³/mol. The van der Waals surface area contributed by atoms with Gasteiger partial charge >= 0.3 is 0 Å². The second-order valence-electron chi connectivity index (χ2n) is 3.03. The van der Waals surface area contributed by atoms with E-state index in [1.54, 1.807) is 12.3 Å². The van der Waals surface area contributed by atoms with Gasteiger partial charge in [-0.25, -0.2) is 4.98 Å². The van der Waals surface area contributed by atoms with Crippen LogP contribution >= 0.6 is 27.5 Å². The molecular weight excluding hydrogens is 263 g/mol. The van der Waals surface area contributed by atoms with Crippen molar-refractivity contribution in [2.75, 3.05) is 6.54 Å². The third-order valence-electron chi connectivity index (χ3n) is 1.85. The number of nitrogens with one attached hydrogen (secondary N) is 1. The lowest BCUT2D eigenvalue weighted by Crippen LogP contribution is -2.19. The quantitative estimate of drug-likeness (QED) is 0.853. The Morgan fingerprint density at radius 3 is 2.93 bits per heavy atom. The Bertz CT molecular complexity index is 310. The van der Waals surface area contributed by atoms with Gasteiger partial charge in [-0.3, -0.25) is 0 Å². The van der Waals surface area contributed by atoms with E-state index in [1.807, 2.05) is 6.07 Å². The van der Waals surface area contributed by atoms with Gasteiger partial charge < -0.3 is 5.32 Å². The van der Waals surface area contributed by atoms with Gasteiger partial charge in [-0.2, -0.15) is 0 Å². The second-order valence-corrected chi connectivity index (χ2v) is 4.54. The molecule has 14 heavy (non-hydrogen) atoms. The minimum absolute atomic E-state index is 0.245. The lowest BCUT2D eigenvalue weighted by atomic mass is 10.1. The first kappa shape index (κ1) is 11.7. The largest absolute Gasteiger partial charge is 0.306 e. The third-order valence-corrected chi connectivity index (χ3v) is 2.35. The topological polar surface area (TPSA) is 24.9 Å². The molecule has 0 fully saturated rings. The van der Waals surface area contributed by atoms with Crippen LogP contribution in [0.25, 0.3) is 0 Å². The Kier molecular flexibility index (Phi) is 4.58. The monoisotopic (exact) mass is 274 g/mol. The summed E-state index contributed by atoms with van der Waals surface area (Å²) in [5.41, 5.74) is 1.11. The SMILES string of the molecule is C=C(Br)CNC(C)c1ccc(Cl)nc1. The zero-order valence-corrected chi connectivity index (χ0v) is 10.3. The standard InChI is InChI=1S/C10H12BrClN2/c1-7(11)5-13-8(2)9-3-4-10(12)14-6-9/h3-4,6,8,13H,1,5H2,2H3. The van der Waals surface area contributed by atoms with Gasteiger partial charge in [0.05, 0.1) is 0 Å². The predicted octanol–water partition coefficient (Wildman–Crippen LogP) is 3.29. The summed E-state index contributed by atoms with van der Waals surface area (Å²) in [6.45, 7) is 6.56. The first-order valence-corrected chi connectivity index (χ1v) is 5.45. The van der Waals surface area contributed by atoms with Crippen LogP contribution in [-0.4, -0.2) is 11.5 Å². The average Bonchev–Trinajstić information content (AvgIpc) is 2.15. The van der Waals surface area contributed by atoms with E-state index in [4.69, 9.17) is 11.6 Å². The fraction of sp³-hybridized carbons (Fsp3) is 0.300. The maximum absolute atomic E-state index is 5.69. The van der Waals surface area contributed by atoms with Crippen LogP contribution in [0.5, 0.6) is 0 Å². The van der Waals surface area contributed by atoms with Gasteiger partial charge in [0, 0.05) is 23.3 Å². The molecular formula is C10H12BrClN2. The minimum Gasteiger partial charge on any atom is -0.306 e. The average molecular weight is 276 g/mol. The van der Waals surface area contributed by atoms with Crippen molar-refractivity contribution in [1.82, 2.24) is 10.3 Å². The van der Waals surface area contributed by atoms with E-state index in [2.05, 4.69) is 39.7 Å². The molecule has 1 unspecified atom stereocenters. The first-order chi connectivity index (χ1) is 6.59. The van der Waals surface area contributed by atoms with Gasteiger partial charge in [-0.05, 0) is 18.6 Å². The van der Waals surface area contributed by atoms with E-state index in [9.17, 15) is 0 Å². The maximum atomic E-state index is 5.69. The molecule has 2 nitrogen and oxygen atoms in total. The molecule has 0 radical (unpaired) electrons. The number of rotatable bonds is 4. The minimum atomic E-state index is 0.245. The Hall–Kier alpha value is -0.380. The van der Waals surface area contributed by atoms with Gasteiger partial charge in [0.15, 0.2) is 0 Å². The summed E-state index contributed by atoms with van der Waals surface area (Å²) in [4.78, 5) is 4.02. The van der Waals surface area contributed by atoms with Crippen molar-refractivity contribution >= 4 is 27.5 Å². The molecule has 0 saturated carbocycles. The smallest absolute Gasteiger partial charge is 0.129 e. The molecule has 0 bridgehead atoms. The molecule has 4 heteroatoms. The highest BCUT2D eigenvalue weighted by Gasteiger charge is 2.04. The third kappa shape index (κ3) is 3.78. The molecule has 76 valence electrons. The van der Waals surface area contributed by atoms with Gasteiger partial charge in [0.2, 0.25) is 0 Å². The van der Waals surface area contributed by atoms with Crippen molar-refractivity contribution in [3.8, 4) is 0 Å². The van der Waals surface area contributed by atoms with Crippen molar-refractivity contribution in [3.63, 3.8) is 0 Å². The molecule has 0 aliphatic heterocycles. The first-order valence-electron chi connectivity index (χ1n) is 4.27. The molecule has 0 amide bonds. The van der Waals surface area contributed by atoms with Gasteiger partial charge in [0.1, 0.15) is 5.15 Å². The van der Waals surface area contributed by atoms with E-state index in [0.29, 0.717) is 5.15 Å². The Morgan fingerprint density at radius 2 is 2.43 bits per heavy atom. The summed E-state index contributed by atoms with van der Waals surface area (Å²) < 4.78 is 0.936. The zero-order valence-electron chi connectivity index (χ0n) is 7.93. The van der Waals surface area contributed by atoms with E-state index < -0.39 is 0 Å². The van der Waals surface area contributed by atoms with Crippen molar-refractivity contribution in [1.29, 1.82) is 0 Å². The molecule has 1 heterocycles. The van der Waals surface area contributed by atoms with Gasteiger partial charge in [-0.1, -0.05) is 40.2 Å². The summed E-state index contributed by atoms with van der Waals surface area (Å²) in [7, 11) is 0. The highest BCUT2D eigenvalue weighted by atomic mass is 79.9. The number of hydrogen-bond donors (Lipinski definition) is 1. The van der Waals surface area contributed by atoms with Crippen LogP contribution in [0, 0.1) is 0 Å². The number of hydrogen-bond acceptors (Lipinski definition) is 2. The summed E-state index contributed by atoms with van der Waals surface area (Å²) in [5, 5.41) is 3.81. The van der Waals surface area contributed by atoms with E-state index >= 15 is 0 Å². The number of pyridine rings is 1. The molecule has 1 aromatic heterocycles. The molecule has 0 spiro atoms. The molecule has 1 N–H and O–H groups in total. The van der Waals surface area contributed by atoms with Crippen LogP contribution in [0.2, 0.25) is 5.15 Å². The molecule has 0 saturated heterocycles. The summed E-state index contributed by atoms with van der Waals surface area (Å²) >= 11 is 8.98. The van der Waals surface area contributed by atoms with Crippen LogP contribution in [0.1, 0.15) is 18.5 Å².